The van der Waals surface area contributed by atoms with Crippen molar-refractivity contribution in [2.75, 3.05) is 13.1 Å². The van der Waals surface area contributed by atoms with Crippen molar-refractivity contribution in [1.29, 1.82) is 0 Å². The molecule has 2 aromatic carbocycles. The predicted octanol–water partition coefficient (Wildman–Crippen LogP) is 3.69. The molecule has 0 aromatic heterocycles. The number of terminal acetylenes is 1. The predicted molar refractivity (Wildman–Crippen MR) is 123 cm³/mol. The van der Waals surface area contributed by atoms with Gasteiger partial charge in [0.05, 0.1) is 6.04 Å². The van der Waals surface area contributed by atoms with Gasteiger partial charge in [0.2, 0.25) is 0 Å². The third kappa shape index (κ3) is 6.50. The average molecular weight is 492 g/mol. The first-order valence-corrected chi connectivity index (χ1v) is 9.21. The van der Waals surface area contributed by atoms with E-state index in [-0.39, 0.29) is 35.8 Å². The molecule has 0 amide bonds. The molecule has 1 saturated heterocycles. The average Bonchev–Trinajstić information content (AvgIpc) is 2.69. The van der Waals surface area contributed by atoms with Gasteiger partial charge in [-0.1, -0.05) is 48.4 Å². The number of nitrogens with zero attached hydrogens (tertiary/aromatic N) is 2. The van der Waals surface area contributed by atoms with Gasteiger partial charge in [0.15, 0.2) is 5.96 Å². The van der Waals surface area contributed by atoms with Crippen molar-refractivity contribution in [2.45, 2.75) is 31.5 Å². The molecule has 6 heteroatoms. The second-order valence-corrected chi connectivity index (χ2v) is 6.80. The monoisotopic (exact) mass is 492 g/mol. The van der Waals surface area contributed by atoms with Crippen molar-refractivity contribution in [1.82, 2.24) is 10.2 Å². The molecular weight excluding hydrogens is 466 g/mol. The quantitative estimate of drug-likeness (QED) is 0.290. The van der Waals surface area contributed by atoms with Crippen LogP contribution in [0.15, 0.2) is 59.6 Å². The first kappa shape index (κ1) is 22.2. The summed E-state index contributed by atoms with van der Waals surface area (Å²) in [7, 11) is 0. The fourth-order valence-corrected chi connectivity index (χ4v) is 3.31. The highest BCUT2D eigenvalue weighted by molar-refractivity contribution is 14.0. The molecule has 1 unspecified atom stereocenters. The molecule has 1 heterocycles. The summed E-state index contributed by atoms with van der Waals surface area (Å²) in [5.74, 6) is 2.68. The summed E-state index contributed by atoms with van der Waals surface area (Å²) >= 11 is 0. The third-order valence-electron chi connectivity index (χ3n) is 4.79. The number of benzene rings is 2. The van der Waals surface area contributed by atoms with E-state index in [4.69, 9.17) is 12.2 Å². The number of nitrogens with two attached hydrogens (primary N) is 1. The third-order valence-corrected chi connectivity index (χ3v) is 4.79. The van der Waals surface area contributed by atoms with Crippen molar-refractivity contribution in [3.8, 4) is 12.3 Å². The topological polar surface area (TPSA) is 53.6 Å². The van der Waals surface area contributed by atoms with E-state index in [1.54, 1.807) is 12.1 Å². The fourth-order valence-electron chi connectivity index (χ4n) is 3.31. The van der Waals surface area contributed by atoms with Gasteiger partial charge in [-0.25, -0.2) is 9.38 Å². The van der Waals surface area contributed by atoms with Crippen molar-refractivity contribution < 1.29 is 4.39 Å². The van der Waals surface area contributed by atoms with Crippen LogP contribution in [0.1, 0.15) is 30.0 Å². The van der Waals surface area contributed by atoms with Crippen LogP contribution in [0.5, 0.6) is 0 Å². The van der Waals surface area contributed by atoms with Gasteiger partial charge in [0.1, 0.15) is 11.9 Å². The summed E-state index contributed by atoms with van der Waals surface area (Å²) in [6.07, 6.45) is 7.52. The van der Waals surface area contributed by atoms with E-state index in [2.05, 4.69) is 45.4 Å². The zero-order chi connectivity index (χ0) is 19.1. The summed E-state index contributed by atoms with van der Waals surface area (Å²) in [5, 5.41) is 3.06. The Bertz CT molecular complexity index is 794. The summed E-state index contributed by atoms with van der Waals surface area (Å²) in [5.41, 5.74) is 8.18. The van der Waals surface area contributed by atoms with E-state index in [1.807, 2.05) is 6.07 Å². The van der Waals surface area contributed by atoms with Gasteiger partial charge < -0.3 is 11.1 Å². The number of aliphatic imine (C=N–C) groups is 1. The molecule has 1 fully saturated rings. The molecule has 0 bridgehead atoms. The summed E-state index contributed by atoms with van der Waals surface area (Å²) < 4.78 is 13.1. The first-order valence-electron chi connectivity index (χ1n) is 9.21. The molecule has 3 rings (SSSR count). The van der Waals surface area contributed by atoms with Crippen molar-refractivity contribution in [2.24, 2.45) is 10.7 Å². The summed E-state index contributed by atoms with van der Waals surface area (Å²) in [6, 6.07) is 16.3. The molecule has 1 aliphatic rings. The van der Waals surface area contributed by atoms with Gasteiger partial charge >= 0.3 is 0 Å². The Hall–Kier alpha value is -2.11. The van der Waals surface area contributed by atoms with Gasteiger partial charge in [0, 0.05) is 19.6 Å². The minimum absolute atomic E-state index is 0. The van der Waals surface area contributed by atoms with Crippen molar-refractivity contribution in [3.63, 3.8) is 0 Å². The Morgan fingerprint density at radius 2 is 1.82 bits per heavy atom. The van der Waals surface area contributed by atoms with Crippen LogP contribution in [-0.4, -0.2) is 30.0 Å². The van der Waals surface area contributed by atoms with Gasteiger partial charge in [0.25, 0.3) is 0 Å². The van der Waals surface area contributed by atoms with Crippen LogP contribution in [0.3, 0.4) is 0 Å². The number of nitrogens with one attached hydrogen (secondary N) is 1. The van der Waals surface area contributed by atoms with Crippen LogP contribution in [0, 0.1) is 18.2 Å². The lowest BCUT2D eigenvalue weighted by atomic mass is 10.0. The lowest BCUT2D eigenvalue weighted by molar-refractivity contribution is 0.206. The SMILES string of the molecule is C#CC(NC(N)=NC1CCN(Cc2ccccc2)CC1)c1ccc(F)cc1.I. The van der Waals surface area contributed by atoms with E-state index in [0.717, 1.165) is 38.0 Å². The normalized spacial score (nSPS) is 16.6. The van der Waals surface area contributed by atoms with Crippen molar-refractivity contribution >= 4 is 29.9 Å². The maximum absolute atomic E-state index is 13.1. The van der Waals surface area contributed by atoms with E-state index in [9.17, 15) is 4.39 Å². The lowest BCUT2D eigenvalue weighted by Crippen LogP contribution is -2.39. The zero-order valence-electron chi connectivity index (χ0n) is 15.7. The Balaban J connectivity index is 0.00000280. The number of halogens is 2. The first-order chi connectivity index (χ1) is 13.1. The molecular formula is C22H26FIN4. The van der Waals surface area contributed by atoms with Crippen LogP contribution in [0.4, 0.5) is 4.39 Å². The van der Waals surface area contributed by atoms with E-state index in [0.29, 0.717) is 5.96 Å². The molecule has 3 N–H and O–H groups in total. The van der Waals surface area contributed by atoms with E-state index >= 15 is 0 Å². The van der Waals surface area contributed by atoms with E-state index < -0.39 is 6.04 Å². The van der Waals surface area contributed by atoms with Crippen LogP contribution >= 0.6 is 24.0 Å². The van der Waals surface area contributed by atoms with Gasteiger partial charge in [-0.2, -0.15) is 0 Å². The van der Waals surface area contributed by atoms with Crippen LogP contribution < -0.4 is 11.1 Å². The largest absolute Gasteiger partial charge is 0.370 e. The molecule has 28 heavy (non-hydrogen) atoms. The highest BCUT2D eigenvalue weighted by Gasteiger charge is 2.19. The Morgan fingerprint density at radius 3 is 2.43 bits per heavy atom. The van der Waals surface area contributed by atoms with Crippen molar-refractivity contribution in [3.05, 3.63) is 71.5 Å². The summed E-state index contributed by atoms with van der Waals surface area (Å²) in [6.45, 7) is 2.95. The molecule has 0 aliphatic carbocycles. The molecule has 2 aromatic rings. The van der Waals surface area contributed by atoms with Crippen LogP contribution in [0.2, 0.25) is 0 Å². The van der Waals surface area contributed by atoms with E-state index in [1.165, 1.54) is 17.7 Å². The highest BCUT2D eigenvalue weighted by Crippen LogP contribution is 2.17. The smallest absolute Gasteiger partial charge is 0.190 e. The molecule has 4 nitrogen and oxygen atoms in total. The second-order valence-electron chi connectivity index (χ2n) is 6.80. The number of rotatable bonds is 5. The second kappa shape index (κ2) is 11.0. The standard InChI is InChI=1S/C22H25FN4.HI/c1-2-21(18-8-10-19(23)11-9-18)26-22(24)25-20-12-14-27(15-13-20)16-17-6-4-3-5-7-17;/h1,3-11,20-21H,12-16H2,(H3,24,25,26);1H. The minimum atomic E-state index is -0.424. The Morgan fingerprint density at radius 1 is 1.18 bits per heavy atom. The zero-order valence-corrected chi connectivity index (χ0v) is 18.1. The lowest BCUT2D eigenvalue weighted by Gasteiger charge is -2.30. The number of likely N-dealkylation sites (tertiary alicyclic amines) is 1. The number of guanidine groups is 1. The van der Waals surface area contributed by atoms with Crippen LogP contribution in [0.25, 0.3) is 0 Å². The highest BCUT2D eigenvalue weighted by atomic mass is 127. The summed E-state index contributed by atoms with van der Waals surface area (Å²) in [4.78, 5) is 7.03. The van der Waals surface area contributed by atoms with Gasteiger partial charge in [-0.05, 0) is 36.1 Å². The molecule has 0 radical (unpaired) electrons. The molecule has 1 aliphatic heterocycles. The fraction of sp³-hybridized carbons (Fsp3) is 0.318. The Kier molecular flexibility index (Phi) is 8.74. The molecule has 1 atom stereocenters. The maximum atomic E-state index is 13.1. The Labute approximate surface area is 183 Å². The van der Waals surface area contributed by atoms with Crippen LogP contribution in [-0.2, 0) is 6.54 Å². The van der Waals surface area contributed by atoms with Gasteiger partial charge in [-0.15, -0.1) is 30.4 Å². The maximum Gasteiger partial charge on any atom is 0.190 e. The molecule has 0 saturated carbocycles. The number of piperidine rings is 1. The number of hydrogen-bond acceptors (Lipinski definition) is 2. The van der Waals surface area contributed by atoms with Gasteiger partial charge in [-0.3, -0.25) is 4.90 Å². The molecule has 148 valence electrons. The minimum Gasteiger partial charge on any atom is -0.370 e. The molecule has 0 spiro atoms. The number of hydrogen-bond donors (Lipinski definition) is 2.